The maximum absolute atomic E-state index is 14.1. The summed E-state index contributed by atoms with van der Waals surface area (Å²) in [7, 11) is 0. The number of aliphatic hydroxyl groups excluding tert-OH is 3. The summed E-state index contributed by atoms with van der Waals surface area (Å²) < 4.78 is 20.9. The molecule has 0 aromatic heterocycles. The smallest absolute Gasteiger partial charge is 0.334 e. The second-order valence-corrected chi connectivity index (χ2v) is 19.0. The highest BCUT2D eigenvalue weighted by atomic mass is 16.6. The highest BCUT2D eigenvalue weighted by Gasteiger charge is 2.63. The number of carbonyl (C=O) groups excluding carboxylic acids is 2. The van der Waals surface area contributed by atoms with Crippen LogP contribution >= 0.6 is 0 Å². The van der Waals surface area contributed by atoms with Crippen molar-refractivity contribution in [1.29, 1.82) is 0 Å². The van der Waals surface area contributed by atoms with Crippen molar-refractivity contribution in [3.8, 4) is 0 Å². The van der Waals surface area contributed by atoms with E-state index in [0.29, 0.717) is 24.7 Å². The van der Waals surface area contributed by atoms with Crippen molar-refractivity contribution >= 4 is 11.8 Å². The van der Waals surface area contributed by atoms with E-state index in [-0.39, 0.29) is 66.9 Å². The van der Waals surface area contributed by atoms with Gasteiger partial charge in [-0.1, -0.05) is 31.8 Å². The van der Waals surface area contributed by atoms with Gasteiger partial charge in [-0.25, -0.2) is 4.79 Å². The second kappa shape index (κ2) is 18.2. The second-order valence-electron chi connectivity index (χ2n) is 19.0. The fourth-order valence-electron chi connectivity index (χ4n) is 12.4. The maximum Gasteiger partial charge on any atom is 0.334 e. The summed E-state index contributed by atoms with van der Waals surface area (Å²) in [4.78, 5) is 28.3. The lowest BCUT2D eigenvalue weighted by Crippen LogP contribution is -2.69. The molecule has 0 aromatic carbocycles. The van der Waals surface area contributed by atoms with Gasteiger partial charge in [0.15, 0.2) is 0 Å². The van der Waals surface area contributed by atoms with E-state index >= 15 is 0 Å². The number of Topliss-reactive ketones (excluding diaryl/α,β-unsaturated/α-hetero) is 1. The standard InChI is InChI=1S/C43H72N4O8/c1-3-30(26-8-4-5-9-26)42(52)54-34-21-32-39(51)38-33(50)20-29(23-48)53-41(38)37(40(32)55-43(34,2)15-13-24-11-12-35(44)47-22-24)31(27-14-16-46-36(45)19-27)18-25-7-6-10-28(49)17-25/h3,24-29,31-32,34-41,46-49,51H,4-23,44-45H2,1-2H3. The molecule has 12 heteroatoms. The van der Waals surface area contributed by atoms with Crippen LogP contribution in [0.5, 0.6) is 0 Å². The number of ether oxygens (including phenoxy) is 3. The molecule has 0 spiro atoms. The largest absolute Gasteiger partial charge is 0.456 e. The molecule has 0 bridgehead atoms. The number of nitrogens with two attached hydrogens (primary N) is 2. The third kappa shape index (κ3) is 9.23. The maximum atomic E-state index is 14.1. The van der Waals surface area contributed by atoms with E-state index in [9.17, 15) is 24.9 Å². The summed E-state index contributed by atoms with van der Waals surface area (Å²) in [6.07, 6.45) is 12.2. The SMILES string of the molecule is CC=C(C(=O)OC1CC2C(O)C3C(=O)CC(CO)OC3C(C(CC3CCCC(O)C3)C3CCNC(N)C3)C2OC1(C)CCC1CCC(N)NC1)C1CCCC1. The molecule has 3 saturated carbocycles. The minimum atomic E-state index is -1.04. The molecule has 312 valence electrons. The Morgan fingerprint density at radius 2 is 1.78 bits per heavy atom. The zero-order chi connectivity index (χ0) is 38.9. The van der Waals surface area contributed by atoms with Crippen LogP contribution in [0.2, 0.25) is 0 Å². The Hall–Kier alpha value is -1.48. The van der Waals surface area contributed by atoms with Gasteiger partial charge in [-0.3, -0.25) is 4.79 Å². The molecule has 7 fully saturated rings. The van der Waals surface area contributed by atoms with Crippen molar-refractivity contribution in [1.82, 2.24) is 10.6 Å². The van der Waals surface area contributed by atoms with Gasteiger partial charge in [0.1, 0.15) is 17.5 Å². The first-order valence-corrected chi connectivity index (χ1v) is 22.2. The highest BCUT2D eigenvalue weighted by molar-refractivity contribution is 5.89. The molecule has 55 heavy (non-hydrogen) atoms. The molecule has 16 atom stereocenters. The number of esters is 1. The molecular formula is C43H72N4O8. The molecule has 3 aliphatic carbocycles. The summed E-state index contributed by atoms with van der Waals surface area (Å²) in [6, 6.07) is 0. The number of carbonyl (C=O) groups is 2. The van der Waals surface area contributed by atoms with E-state index in [1.165, 1.54) is 0 Å². The molecular weight excluding hydrogens is 700 g/mol. The van der Waals surface area contributed by atoms with Crippen LogP contribution in [0.15, 0.2) is 11.6 Å². The Morgan fingerprint density at radius 3 is 2.47 bits per heavy atom. The Morgan fingerprint density at radius 1 is 0.982 bits per heavy atom. The molecule has 0 amide bonds. The van der Waals surface area contributed by atoms with Crippen LogP contribution in [0.25, 0.3) is 0 Å². The van der Waals surface area contributed by atoms with Crippen LogP contribution in [-0.4, -0.2) is 101 Å². The van der Waals surface area contributed by atoms with Crippen LogP contribution < -0.4 is 22.1 Å². The van der Waals surface area contributed by atoms with Gasteiger partial charge in [0.05, 0.1) is 55.4 Å². The van der Waals surface area contributed by atoms with Crippen molar-refractivity contribution in [2.24, 2.45) is 58.8 Å². The van der Waals surface area contributed by atoms with E-state index in [0.717, 1.165) is 109 Å². The number of hydrogen-bond acceptors (Lipinski definition) is 12. The average Bonchev–Trinajstić information content (AvgIpc) is 3.69. The Balaban J connectivity index is 1.26. The summed E-state index contributed by atoms with van der Waals surface area (Å²) >= 11 is 0. The van der Waals surface area contributed by atoms with Gasteiger partial charge in [-0.05, 0) is 134 Å². The number of nitrogens with one attached hydrogen (secondary N) is 2. The lowest BCUT2D eigenvalue weighted by Gasteiger charge is -2.60. The zero-order valence-electron chi connectivity index (χ0n) is 33.5. The predicted molar refractivity (Wildman–Crippen MR) is 208 cm³/mol. The van der Waals surface area contributed by atoms with Crippen LogP contribution in [0.1, 0.15) is 123 Å². The number of allylic oxidation sites excluding steroid dienone is 1. The predicted octanol–water partition coefficient (Wildman–Crippen LogP) is 3.43. The molecule has 16 unspecified atom stereocenters. The number of ketones is 1. The van der Waals surface area contributed by atoms with Crippen molar-refractivity contribution in [2.75, 3.05) is 19.7 Å². The van der Waals surface area contributed by atoms with Crippen molar-refractivity contribution in [3.63, 3.8) is 0 Å². The summed E-state index contributed by atoms with van der Waals surface area (Å²) in [5, 5.41) is 40.4. The third-order valence-corrected chi connectivity index (χ3v) is 15.4. The van der Waals surface area contributed by atoms with Gasteiger partial charge in [0, 0.05) is 23.8 Å². The summed E-state index contributed by atoms with van der Waals surface area (Å²) in [5.41, 5.74) is 12.7. The highest BCUT2D eigenvalue weighted by Crippen LogP contribution is 2.55. The van der Waals surface area contributed by atoms with Crippen molar-refractivity contribution in [3.05, 3.63) is 11.6 Å². The van der Waals surface area contributed by atoms with E-state index in [1.807, 2.05) is 13.0 Å². The van der Waals surface area contributed by atoms with Gasteiger partial charge in [-0.2, -0.15) is 0 Å². The van der Waals surface area contributed by atoms with E-state index < -0.39 is 48.0 Å². The fraction of sp³-hybridized carbons (Fsp3) is 0.907. The monoisotopic (exact) mass is 773 g/mol. The number of fused-ring (bicyclic) bond motifs is 2. The third-order valence-electron chi connectivity index (χ3n) is 15.4. The number of aliphatic hydroxyl groups is 3. The van der Waals surface area contributed by atoms with Crippen LogP contribution in [0, 0.1) is 47.3 Å². The van der Waals surface area contributed by atoms with Gasteiger partial charge in [0.25, 0.3) is 0 Å². The van der Waals surface area contributed by atoms with Crippen LogP contribution in [0.4, 0.5) is 0 Å². The zero-order valence-corrected chi connectivity index (χ0v) is 33.5. The molecule has 9 N–H and O–H groups in total. The normalized spacial score (nSPS) is 45.1. The minimum Gasteiger partial charge on any atom is -0.456 e. The van der Waals surface area contributed by atoms with Crippen LogP contribution in [-0.2, 0) is 23.8 Å². The summed E-state index contributed by atoms with van der Waals surface area (Å²) in [6.45, 7) is 5.36. The number of hydrogen-bond donors (Lipinski definition) is 7. The fourth-order valence-corrected chi connectivity index (χ4v) is 12.4. The molecule has 0 aromatic rings. The lowest BCUT2D eigenvalue weighted by atomic mass is 9.56. The minimum absolute atomic E-state index is 0.00534. The number of piperidine rings is 2. The number of rotatable bonds is 11. The van der Waals surface area contributed by atoms with Gasteiger partial charge >= 0.3 is 5.97 Å². The van der Waals surface area contributed by atoms with Crippen molar-refractivity contribution in [2.45, 2.75) is 178 Å². The van der Waals surface area contributed by atoms with Gasteiger partial charge in [0.2, 0.25) is 0 Å². The Labute approximate surface area is 328 Å². The molecule has 4 heterocycles. The first kappa shape index (κ1) is 41.7. The molecule has 7 aliphatic rings. The van der Waals surface area contributed by atoms with Gasteiger partial charge < -0.3 is 51.6 Å². The van der Waals surface area contributed by atoms with Crippen molar-refractivity contribution < 1.29 is 39.1 Å². The quantitative estimate of drug-likeness (QED) is 0.120. The first-order valence-electron chi connectivity index (χ1n) is 22.2. The molecule has 12 nitrogen and oxygen atoms in total. The van der Waals surface area contributed by atoms with E-state index in [2.05, 4.69) is 17.6 Å². The molecule has 0 radical (unpaired) electrons. The summed E-state index contributed by atoms with van der Waals surface area (Å²) in [5.74, 6) is -0.697. The lowest BCUT2D eigenvalue weighted by molar-refractivity contribution is -0.293. The molecule has 4 saturated heterocycles. The first-order chi connectivity index (χ1) is 26.5. The molecule has 4 aliphatic heterocycles. The van der Waals surface area contributed by atoms with E-state index in [1.54, 1.807) is 0 Å². The average molecular weight is 773 g/mol. The Kier molecular flexibility index (Phi) is 13.8. The van der Waals surface area contributed by atoms with Gasteiger partial charge in [-0.15, -0.1) is 0 Å². The Bertz CT molecular complexity index is 1340. The topological polar surface area (TPSA) is 199 Å². The van der Waals surface area contributed by atoms with Crippen LogP contribution in [0.3, 0.4) is 0 Å². The molecule has 7 rings (SSSR count). The van der Waals surface area contributed by atoms with E-state index in [4.69, 9.17) is 25.7 Å².